The summed E-state index contributed by atoms with van der Waals surface area (Å²) >= 11 is 0. The van der Waals surface area contributed by atoms with Crippen molar-refractivity contribution in [2.24, 2.45) is 11.3 Å². The van der Waals surface area contributed by atoms with Crippen LogP contribution in [0.4, 0.5) is 0 Å². The van der Waals surface area contributed by atoms with Gasteiger partial charge in [-0.05, 0) is 37.0 Å². The molecular formula is C14H23NO3. The largest absolute Gasteiger partial charge is 0.481 e. The van der Waals surface area contributed by atoms with Gasteiger partial charge in [-0.2, -0.15) is 0 Å². The molecule has 0 saturated carbocycles. The van der Waals surface area contributed by atoms with Crippen molar-refractivity contribution in [3.63, 3.8) is 0 Å². The Bertz CT molecular complexity index is 344. The average molecular weight is 253 g/mol. The highest BCUT2D eigenvalue weighted by molar-refractivity contribution is 5.93. The summed E-state index contributed by atoms with van der Waals surface area (Å²) in [6, 6.07) is 0. The zero-order valence-corrected chi connectivity index (χ0v) is 11.7. The van der Waals surface area contributed by atoms with Gasteiger partial charge in [-0.1, -0.05) is 26.7 Å². The Morgan fingerprint density at radius 1 is 1.28 bits per heavy atom. The molecule has 0 spiro atoms. The lowest BCUT2D eigenvalue weighted by Crippen LogP contribution is -2.29. The van der Waals surface area contributed by atoms with Crippen LogP contribution in [0.15, 0.2) is 0 Å². The van der Waals surface area contributed by atoms with Gasteiger partial charge in [0.05, 0.1) is 0 Å². The summed E-state index contributed by atoms with van der Waals surface area (Å²) in [5, 5.41) is 11.4. The van der Waals surface area contributed by atoms with Gasteiger partial charge in [0.2, 0.25) is 0 Å². The van der Waals surface area contributed by atoms with Crippen molar-refractivity contribution in [2.75, 3.05) is 6.54 Å². The second-order valence-electron chi connectivity index (χ2n) is 5.41. The Morgan fingerprint density at radius 3 is 2.33 bits per heavy atom. The summed E-state index contributed by atoms with van der Waals surface area (Å²) in [5.74, 6) is 4.17. The number of hydrogen-bond donors (Lipinski definition) is 2. The van der Waals surface area contributed by atoms with Gasteiger partial charge in [0.15, 0.2) is 0 Å². The van der Waals surface area contributed by atoms with Crippen molar-refractivity contribution in [1.82, 2.24) is 5.32 Å². The first-order valence-corrected chi connectivity index (χ1v) is 6.19. The van der Waals surface area contributed by atoms with Gasteiger partial charge in [-0.15, -0.1) is 0 Å². The van der Waals surface area contributed by atoms with Crippen molar-refractivity contribution in [1.29, 1.82) is 0 Å². The molecule has 0 saturated heterocycles. The quantitative estimate of drug-likeness (QED) is 0.712. The minimum Gasteiger partial charge on any atom is -0.481 e. The van der Waals surface area contributed by atoms with E-state index >= 15 is 0 Å². The molecule has 0 aromatic carbocycles. The number of carbonyl (C=O) groups excluding carboxylic acids is 1. The summed E-state index contributed by atoms with van der Waals surface area (Å²) in [7, 11) is 0. The van der Waals surface area contributed by atoms with E-state index in [2.05, 4.69) is 37.9 Å². The Balaban J connectivity index is 4.20. The summed E-state index contributed by atoms with van der Waals surface area (Å²) in [6.07, 6.45) is 1.58. The fourth-order valence-electron chi connectivity index (χ4n) is 1.83. The molecule has 0 aromatic heterocycles. The SMILES string of the molecule is CC#CC(=O)NCCC(CCC(=O)O)C(C)(C)C. The lowest BCUT2D eigenvalue weighted by molar-refractivity contribution is -0.137. The van der Waals surface area contributed by atoms with Gasteiger partial charge >= 0.3 is 5.97 Å². The number of nitrogens with one attached hydrogen (secondary N) is 1. The topological polar surface area (TPSA) is 66.4 Å². The van der Waals surface area contributed by atoms with Crippen LogP contribution in [0, 0.1) is 23.2 Å². The fourth-order valence-corrected chi connectivity index (χ4v) is 1.83. The predicted octanol–water partition coefficient (Wildman–Crippen LogP) is 2.04. The first kappa shape index (κ1) is 16.5. The Hall–Kier alpha value is -1.50. The monoisotopic (exact) mass is 253 g/mol. The predicted molar refractivity (Wildman–Crippen MR) is 70.9 cm³/mol. The van der Waals surface area contributed by atoms with Gasteiger partial charge in [-0.25, -0.2) is 0 Å². The summed E-state index contributed by atoms with van der Waals surface area (Å²) in [5.41, 5.74) is 0.0383. The lowest BCUT2D eigenvalue weighted by atomic mass is 9.76. The van der Waals surface area contributed by atoms with E-state index < -0.39 is 5.97 Å². The van der Waals surface area contributed by atoms with Gasteiger partial charge in [-0.3, -0.25) is 9.59 Å². The smallest absolute Gasteiger partial charge is 0.303 e. The number of amides is 1. The molecular weight excluding hydrogens is 230 g/mol. The zero-order chi connectivity index (χ0) is 14.2. The number of carboxylic acids is 1. The molecule has 4 heteroatoms. The van der Waals surface area contributed by atoms with Crippen molar-refractivity contribution < 1.29 is 14.7 Å². The van der Waals surface area contributed by atoms with Crippen LogP contribution in [0.5, 0.6) is 0 Å². The van der Waals surface area contributed by atoms with Gasteiger partial charge in [0.25, 0.3) is 5.91 Å². The van der Waals surface area contributed by atoms with Crippen molar-refractivity contribution in [3.8, 4) is 11.8 Å². The molecule has 0 aliphatic rings. The molecule has 1 atom stereocenters. The van der Waals surface area contributed by atoms with Gasteiger partial charge < -0.3 is 10.4 Å². The number of rotatable bonds is 6. The molecule has 18 heavy (non-hydrogen) atoms. The van der Waals surface area contributed by atoms with E-state index in [-0.39, 0.29) is 23.7 Å². The van der Waals surface area contributed by atoms with Crippen LogP contribution in [0.2, 0.25) is 0 Å². The van der Waals surface area contributed by atoms with E-state index in [0.29, 0.717) is 13.0 Å². The maximum absolute atomic E-state index is 11.2. The third-order valence-corrected chi connectivity index (χ3v) is 2.95. The van der Waals surface area contributed by atoms with Crippen LogP contribution in [0.1, 0.15) is 47.0 Å². The molecule has 0 fully saturated rings. The molecule has 1 amide bonds. The molecule has 0 aliphatic heterocycles. The van der Waals surface area contributed by atoms with E-state index in [1.807, 2.05) is 0 Å². The van der Waals surface area contributed by atoms with Crippen LogP contribution in [0.3, 0.4) is 0 Å². The number of carbonyl (C=O) groups is 2. The Labute approximate surface area is 109 Å². The van der Waals surface area contributed by atoms with E-state index in [9.17, 15) is 9.59 Å². The molecule has 2 N–H and O–H groups in total. The van der Waals surface area contributed by atoms with E-state index in [1.54, 1.807) is 6.92 Å². The number of carboxylic acid groups (broad SMARTS) is 1. The normalized spacial score (nSPS) is 12.2. The van der Waals surface area contributed by atoms with Gasteiger partial charge in [0, 0.05) is 13.0 Å². The molecule has 0 bridgehead atoms. The highest BCUT2D eigenvalue weighted by atomic mass is 16.4. The molecule has 0 aliphatic carbocycles. The molecule has 102 valence electrons. The molecule has 0 heterocycles. The third kappa shape index (κ3) is 7.72. The number of aliphatic carboxylic acids is 1. The number of hydrogen-bond acceptors (Lipinski definition) is 2. The maximum Gasteiger partial charge on any atom is 0.303 e. The minimum absolute atomic E-state index is 0.0383. The fraction of sp³-hybridized carbons (Fsp3) is 0.714. The first-order valence-electron chi connectivity index (χ1n) is 6.19. The standard InChI is InChI=1S/C14H23NO3/c1-5-6-12(16)15-10-9-11(14(2,3)4)7-8-13(17)18/h11H,7-10H2,1-4H3,(H,15,16)(H,17,18). The van der Waals surface area contributed by atoms with E-state index in [4.69, 9.17) is 5.11 Å². The van der Waals surface area contributed by atoms with Gasteiger partial charge in [0.1, 0.15) is 0 Å². The summed E-state index contributed by atoms with van der Waals surface area (Å²) in [4.78, 5) is 21.8. The van der Waals surface area contributed by atoms with Crippen LogP contribution < -0.4 is 5.32 Å². The maximum atomic E-state index is 11.2. The highest BCUT2D eigenvalue weighted by Crippen LogP contribution is 2.32. The third-order valence-electron chi connectivity index (χ3n) is 2.95. The second-order valence-corrected chi connectivity index (χ2v) is 5.41. The van der Waals surface area contributed by atoms with Crippen molar-refractivity contribution >= 4 is 11.9 Å². The molecule has 0 aromatic rings. The highest BCUT2D eigenvalue weighted by Gasteiger charge is 2.24. The van der Waals surface area contributed by atoms with Crippen LogP contribution in [-0.4, -0.2) is 23.5 Å². The van der Waals surface area contributed by atoms with Crippen molar-refractivity contribution in [3.05, 3.63) is 0 Å². The molecule has 4 nitrogen and oxygen atoms in total. The van der Waals surface area contributed by atoms with Crippen LogP contribution in [0.25, 0.3) is 0 Å². The average Bonchev–Trinajstić information content (AvgIpc) is 2.21. The summed E-state index contributed by atoms with van der Waals surface area (Å²) in [6.45, 7) is 8.42. The Morgan fingerprint density at radius 2 is 1.89 bits per heavy atom. The molecule has 1 unspecified atom stereocenters. The Kier molecular flexibility index (Phi) is 7.11. The van der Waals surface area contributed by atoms with E-state index in [1.165, 1.54) is 0 Å². The second kappa shape index (κ2) is 7.75. The molecule has 0 radical (unpaired) electrons. The minimum atomic E-state index is -0.773. The lowest BCUT2D eigenvalue weighted by Gasteiger charge is -2.30. The van der Waals surface area contributed by atoms with Crippen LogP contribution in [-0.2, 0) is 9.59 Å². The van der Waals surface area contributed by atoms with Crippen LogP contribution >= 0.6 is 0 Å². The summed E-state index contributed by atoms with van der Waals surface area (Å²) < 4.78 is 0. The van der Waals surface area contributed by atoms with Crippen molar-refractivity contribution in [2.45, 2.75) is 47.0 Å². The first-order chi connectivity index (χ1) is 8.27. The molecule has 0 rings (SSSR count). The zero-order valence-electron chi connectivity index (χ0n) is 11.7. The van der Waals surface area contributed by atoms with E-state index in [0.717, 1.165) is 6.42 Å².